The zero-order chi connectivity index (χ0) is 14.3. The van der Waals surface area contributed by atoms with Crippen molar-refractivity contribution in [3.05, 3.63) is 35.8 Å². The van der Waals surface area contributed by atoms with Crippen LogP contribution in [0.2, 0.25) is 0 Å². The largest absolute Gasteiger partial charge is 0.399 e. The summed E-state index contributed by atoms with van der Waals surface area (Å²) in [6.07, 6.45) is 2.74. The topological polar surface area (TPSA) is 92.1 Å². The van der Waals surface area contributed by atoms with Crippen LogP contribution in [0, 0.1) is 0 Å². The number of sulfonamides is 1. The molecule has 1 aromatic heterocycles. The number of rotatable bonds is 3. The van der Waals surface area contributed by atoms with Gasteiger partial charge in [0.1, 0.15) is 5.82 Å². The number of hydrogen-bond acceptors (Lipinski definition) is 4. The van der Waals surface area contributed by atoms with Gasteiger partial charge in [-0.1, -0.05) is 13.0 Å². The van der Waals surface area contributed by atoms with E-state index >= 15 is 0 Å². The van der Waals surface area contributed by atoms with E-state index in [4.69, 9.17) is 5.73 Å². The van der Waals surface area contributed by atoms with Crippen molar-refractivity contribution < 1.29 is 8.42 Å². The molecule has 7 heteroatoms. The molecule has 0 spiro atoms. The number of anilines is 2. The first-order chi connectivity index (χ1) is 9.52. The Labute approximate surface area is 117 Å². The summed E-state index contributed by atoms with van der Waals surface area (Å²) < 4.78 is 26.7. The van der Waals surface area contributed by atoms with Crippen molar-refractivity contribution >= 4 is 21.4 Å². The highest BCUT2D eigenvalue weighted by atomic mass is 32.2. The van der Waals surface area contributed by atoms with Gasteiger partial charge in [-0.2, -0.15) is 8.42 Å². The third-order valence-electron chi connectivity index (χ3n) is 3.47. The number of fused-ring (bicyclic) bond motifs is 1. The Morgan fingerprint density at radius 3 is 2.95 bits per heavy atom. The number of nitrogens with zero attached hydrogens (tertiary/aromatic N) is 2. The van der Waals surface area contributed by atoms with Gasteiger partial charge in [0.15, 0.2) is 5.03 Å². The second-order valence-electron chi connectivity index (χ2n) is 4.76. The van der Waals surface area contributed by atoms with Gasteiger partial charge in [-0.3, -0.25) is 4.31 Å². The third-order valence-corrected chi connectivity index (χ3v) is 5.19. The van der Waals surface area contributed by atoms with Gasteiger partial charge >= 0.3 is 0 Å². The molecule has 3 rings (SSSR count). The summed E-state index contributed by atoms with van der Waals surface area (Å²) in [5.41, 5.74) is 7.98. The maximum atomic E-state index is 12.7. The van der Waals surface area contributed by atoms with E-state index in [1.54, 1.807) is 12.1 Å². The Kier molecular flexibility index (Phi) is 2.93. The first-order valence-corrected chi connectivity index (χ1v) is 7.91. The van der Waals surface area contributed by atoms with Crippen LogP contribution >= 0.6 is 0 Å². The van der Waals surface area contributed by atoms with Gasteiger partial charge in [0.2, 0.25) is 0 Å². The van der Waals surface area contributed by atoms with E-state index in [2.05, 4.69) is 9.97 Å². The Bertz CT molecular complexity index is 751. The second kappa shape index (κ2) is 4.52. The molecular formula is C13H16N4O2S. The minimum atomic E-state index is -3.60. The molecule has 3 N–H and O–H groups in total. The molecule has 1 aliphatic heterocycles. The van der Waals surface area contributed by atoms with Crippen molar-refractivity contribution in [2.24, 2.45) is 0 Å². The Morgan fingerprint density at radius 1 is 1.45 bits per heavy atom. The number of hydrogen-bond donors (Lipinski definition) is 2. The number of aromatic amines is 1. The molecule has 0 unspecified atom stereocenters. The van der Waals surface area contributed by atoms with Crippen LogP contribution in [0.5, 0.6) is 0 Å². The lowest BCUT2D eigenvalue weighted by molar-refractivity contribution is 0.589. The van der Waals surface area contributed by atoms with Crippen molar-refractivity contribution in [3.63, 3.8) is 0 Å². The number of nitrogen functional groups attached to an aromatic ring is 1. The van der Waals surface area contributed by atoms with Gasteiger partial charge in [0.05, 0.1) is 11.9 Å². The highest BCUT2D eigenvalue weighted by Gasteiger charge is 2.32. The molecule has 0 atom stereocenters. The molecule has 2 heterocycles. The van der Waals surface area contributed by atoms with Crippen LogP contribution in [0.4, 0.5) is 11.4 Å². The van der Waals surface area contributed by atoms with Gasteiger partial charge in [-0.25, -0.2) is 4.98 Å². The lowest BCUT2D eigenvalue weighted by atomic mass is 10.1. The molecule has 0 saturated heterocycles. The lowest BCUT2D eigenvalue weighted by Crippen LogP contribution is -2.29. The number of nitrogens with one attached hydrogen (secondary N) is 1. The highest BCUT2D eigenvalue weighted by molar-refractivity contribution is 7.92. The van der Waals surface area contributed by atoms with E-state index in [1.165, 1.54) is 10.5 Å². The van der Waals surface area contributed by atoms with Gasteiger partial charge in [-0.05, 0) is 24.1 Å². The fourth-order valence-corrected chi connectivity index (χ4v) is 3.82. The zero-order valence-electron chi connectivity index (χ0n) is 11.1. The molecule has 0 aliphatic carbocycles. The number of aromatic nitrogens is 2. The predicted octanol–water partition coefficient (Wildman–Crippen LogP) is 1.31. The van der Waals surface area contributed by atoms with Crippen molar-refractivity contribution in [1.29, 1.82) is 0 Å². The number of aryl methyl sites for hydroxylation is 1. The SMILES string of the molecule is CCc1ncc(S(=O)(=O)N2CCc3ccc(N)cc32)[nH]1. The smallest absolute Gasteiger partial charge is 0.281 e. The molecule has 20 heavy (non-hydrogen) atoms. The third kappa shape index (κ3) is 1.94. The Hall–Kier alpha value is -2.02. The second-order valence-corrected chi connectivity index (χ2v) is 6.59. The lowest BCUT2D eigenvalue weighted by Gasteiger charge is -2.18. The standard InChI is InChI=1S/C13H16N4O2S/c1-2-12-15-8-13(16-12)20(18,19)17-6-5-9-3-4-10(14)7-11(9)17/h3-4,7-8H,2,5-6,14H2,1H3,(H,15,16). The van der Waals surface area contributed by atoms with E-state index in [9.17, 15) is 8.42 Å². The van der Waals surface area contributed by atoms with Gasteiger partial charge in [0, 0.05) is 18.7 Å². The number of H-pyrrole nitrogens is 1. The summed E-state index contributed by atoms with van der Waals surface area (Å²) >= 11 is 0. The number of benzene rings is 1. The molecule has 106 valence electrons. The number of nitrogens with two attached hydrogens (primary N) is 1. The van der Waals surface area contributed by atoms with Crippen molar-refractivity contribution in [2.75, 3.05) is 16.6 Å². The molecule has 0 saturated carbocycles. The van der Waals surface area contributed by atoms with Crippen LogP contribution in [0.1, 0.15) is 18.3 Å². The molecule has 0 amide bonds. The molecule has 1 aromatic carbocycles. The van der Waals surface area contributed by atoms with E-state index in [1.807, 2.05) is 13.0 Å². The maximum Gasteiger partial charge on any atom is 0.281 e. The van der Waals surface area contributed by atoms with Gasteiger partial charge in [-0.15, -0.1) is 0 Å². The monoisotopic (exact) mass is 292 g/mol. The summed E-state index contributed by atoms with van der Waals surface area (Å²) in [4.78, 5) is 6.91. The molecule has 1 aliphatic rings. The van der Waals surface area contributed by atoms with E-state index < -0.39 is 10.0 Å². The summed E-state index contributed by atoms with van der Waals surface area (Å²) in [6.45, 7) is 2.35. The minimum absolute atomic E-state index is 0.129. The van der Waals surface area contributed by atoms with E-state index in [0.29, 0.717) is 36.6 Å². The first kappa shape index (κ1) is 13.0. The van der Waals surface area contributed by atoms with Crippen LogP contribution in [-0.4, -0.2) is 24.9 Å². The fraction of sp³-hybridized carbons (Fsp3) is 0.308. The van der Waals surface area contributed by atoms with E-state index in [-0.39, 0.29) is 5.03 Å². The maximum absolute atomic E-state index is 12.7. The minimum Gasteiger partial charge on any atom is -0.399 e. The zero-order valence-corrected chi connectivity index (χ0v) is 11.9. The van der Waals surface area contributed by atoms with Crippen molar-refractivity contribution in [2.45, 2.75) is 24.8 Å². The molecule has 0 fully saturated rings. The van der Waals surface area contributed by atoms with E-state index in [0.717, 1.165) is 5.56 Å². The predicted molar refractivity (Wildman–Crippen MR) is 77.1 cm³/mol. The summed E-state index contributed by atoms with van der Waals surface area (Å²) in [6, 6.07) is 5.38. The van der Waals surface area contributed by atoms with Crippen LogP contribution in [0.15, 0.2) is 29.4 Å². The molecule has 0 radical (unpaired) electrons. The Morgan fingerprint density at radius 2 is 2.25 bits per heavy atom. The average molecular weight is 292 g/mol. The van der Waals surface area contributed by atoms with Crippen LogP contribution in [0.3, 0.4) is 0 Å². The summed E-state index contributed by atoms with van der Waals surface area (Å²) in [5, 5.41) is 0.129. The first-order valence-electron chi connectivity index (χ1n) is 6.47. The molecule has 2 aromatic rings. The highest BCUT2D eigenvalue weighted by Crippen LogP contribution is 2.33. The number of imidazole rings is 1. The quantitative estimate of drug-likeness (QED) is 0.834. The van der Waals surface area contributed by atoms with Gasteiger partial charge in [0.25, 0.3) is 10.0 Å². The summed E-state index contributed by atoms with van der Waals surface area (Å²) in [5.74, 6) is 0.663. The van der Waals surface area contributed by atoms with Crippen molar-refractivity contribution in [1.82, 2.24) is 9.97 Å². The van der Waals surface area contributed by atoms with Crippen molar-refractivity contribution in [3.8, 4) is 0 Å². The Balaban J connectivity index is 2.04. The molecule has 6 nitrogen and oxygen atoms in total. The molecular weight excluding hydrogens is 276 g/mol. The average Bonchev–Trinajstić information content (AvgIpc) is 3.05. The normalized spacial score (nSPS) is 14.6. The van der Waals surface area contributed by atoms with Crippen LogP contribution in [-0.2, 0) is 22.9 Å². The fourth-order valence-electron chi connectivity index (χ4n) is 2.39. The van der Waals surface area contributed by atoms with Gasteiger partial charge < -0.3 is 10.7 Å². The van der Waals surface area contributed by atoms with Crippen LogP contribution in [0.25, 0.3) is 0 Å². The van der Waals surface area contributed by atoms with Crippen LogP contribution < -0.4 is 10.0 Å². The summed E-state index contributed by atoms with van der Waals surface area (Å²) in [7, 11) is -3.60. The molecule has 0 bridgehead atoms.